The van der Waals surface area contributed by atoms with Crippen molar-refractivity contribution in [3.05, 3.63) is 99.3 Å². The molecule has 3 rings (SSSR count). The fraction of sp³-hybridized carbons (Fsp3) is 0.182. The molecule has 0 fully saturated rings. The fourth-order valence-electron chi connectivity index (χ4n) is 3.23. The highest BCUT2D eigenvalue weighted by atomic mass is 35.5. The number of hydrogen-bond donors (Lipinski definition) is 1. The van der Waals surface area contributed by atoms with Gasteiger partial charge >= 0.3 is 0 Å². The Balaban J connectivity index is 2.09. The van der Waals surface area contributed by atoms with Crippen molar-refractivity contribution in [2.75, 3.05) is 6.61 Å². The molecule has 0 bridgehead atoms. The molecule has 0 aliphatic carbocycles. The number of carbonyl (C=O) groups is 1. The van der Waals surface area contributed by atoms with Crippen LogP contribution in [-0.2, 0) is 6.54 Å². The van der Waals surface area contributed by atoms with Gasteiger partial charge in [0.25, 0.3) is 5.91 Å². The summed E-state index contributed by atoms with van der Waals surface area (Å²) in [6.07, 6.45) is 3.34. The Bertz CT molecular complexity index is 1010. The second-order valence-corrected chi connectivity index (χ2v) is 7.49. The molecule has 0 aliphatic heterocycles. The third-order valence-corrected chi connectivity index (χ3v) is 5.11. The van der Waals surface area contributed by atoms with E-state index in [1.165, 1.54) is 11.0 Å². The third-order valence-electron chi connectivity index (χ3n) is 4.55. The minimum atomic E-state index is -0.858. The van der Waals surface area contributed by atoms with Gasteiger partial charge in [-0.15, -0.1) is 0 Å². The molecule has 156 valence electrons. The van der Waals surface area contributed by atoms with Crippen LogP contribution in [0.2, 0.25) is 10.0 Å². The number of halogens is 4. The molecule has 0 spiro atoms. The van der Waals surface area contributed by atoms with E-state index in [1.807, 2.05) is 0 Å². The maximum atomic E-state index is 13.8. The highest BCUT2D eigenvalue weighted by molar-refractivity contribution is 6.35. The Morgan fingerprint density at radius 3 is 2.43 bits per heavy atom. The van der Waals surface area contributed by atoms with Gasteiger partial charge in [-0.05, 0) is 47.9 Å². The molecule has 1 heterocycles. The average Bonchev–Trinajstić information content (AvgIpc) is 2.70. The van der Waals surface area contributed by atoms with Gasteiger partial charge in [-0.3, -0.25) is 9.78 Å². The van der Waals surface area contributed by atoms with Crippen LogP contribution in [0.1, 0.15) is 33.9 Å². The van der Waals surface area contributed by atoms with Gasteiger partial charge in [0.15, 0.2) is 0 Å². The van der Waals surface area contributed by atoms with E-state index in [0.29, 0.717) is 27.2 Å². The number of aliphatic hydroxyl groups excluding tert-OH is 1. The van der Waals surface area contributed by atoms with Crippen molar-refractivity contribution in [3.8, 4) is 0 Å². The standard InChI is InChI=1S/C22H18Cl2F2N2O2/c23-16-3-4-19(20(24)10-16)21(5-7-29)28(13-14-2-1-6-27-12-14)22(30)15-8-17(25)11-18(26)9-15/h1-4,6,8-12,21,29H,5,7,13H2/t21-/m0/s1. The molecule has 8 heteroatoms. The number of pyridine rings is 1. The molecule has 1 amide bonds. The molecule has 30 heavy (non-hydrogen) atoms. The van der Waals surface area contributed by atoms with E-state index in [2.05, 4.69) is 4.98 Å². The van der Waals surface area contributed by atoms with Crippen molar-refractivity contribution in [1.82, 2.24) is 9.88 Å². The lowest BCUT2D eigenvalue weighted by Gasteiger charge is -2.33. The molecule has 0 saturated carbocycles. The first-order valence-corrected chi connectivity index (χ1v) is 9.86. The van der Waals surface area contributed by atoms with Crippen LogP contribution in [0.15, 0.2) is 60.9 Å². The molecule has 1 N–H and O–H groups in total. The Morgan fingerprint density at radius 1 is 1.10 bits per heavy atom. The van der Waals surface area contributed by atoms with E-state index in [1.54, 1.807) is 36.7 Å². The molecule has 4 nitrogen and oxygen atoms in total. The number of carbonyl (C=O) groups excluding carboxylic acids is 1. The third kappa shape index (κ3) is 5.33. The monoisotopic (exact) mass is 450 g/mol. The molecular formula is C22H18Cl2F2N2O2. The summed E-state index contributed by atoms with van der Waals surface area (Å²) in [4.78, 5) is 18.8. The van der Waals surface area contributed by atoms with Crippen LogP contribution in [0, 0.1) is 11.6 Å². The van der Waals surface area contributed by atoms with E-state index in [0.717, 1.165) is 12.1 Å². The van der Waals surface area contributed by atoms with Crippen molar-refractivity contribution >= 4 is 29.1 Å². The molecule has 1 atom stereocenters. The Kier molecular flexibility index (Phi) is 7.37. The van der Waals surface area contributed by atoms with Crippen molar-refractivity contribution in [3.63, 3.8) is 0 Å². The van der Waals surface area contributed by atoms with Gasteiger partial charge in [0.1, 0.15) is 11.6 Å². The van der Waals surface area contributed by atoms with Crippen molar-refractivity contribution < 1.29 is 18.7 Å². The smallest absolute Gasteiger partial charge is 0.254 e. The average molecular weight is 451 g/mol. The first-order chi connectivity index (χ1) is 14.4. The summed E-state index contributed by atoms with van der Waals surface area (Å²) in [5.74, 6) is -2.33. The summed E-state index contributed by atoms with van der Waals surface area (Å²) in [6.45, 7) is -0.146. The zero-order chi connectivity index (χ0) is 21.7. The van der Waals surface area contributed by atoms with Gasteiger partial charge < -0.3 is 10.0 Å². The molecule has 2 aromatic carbocycles. The molecule has 1 aromatic heterocycles. The summed E-state index contributed by atoms with van der Waals surface area (Å²) in [5, 5.41) is 10.4. The quantitative estimate of drug-likeness (QED) is 0.521. The lowest BCUT2D eigenvalue weighted by molar-refractivity contribution is 0.0625. The molecule has 0 unspecified atom stereocenters. The highest BCUT2D eigenvalue weighted by Crippen LogP contribution is 2.34. The highest BCUT2D eigenvalue weighted by Gasteiger charge is 2.28. The summed E-state index contributed by atoms with van der Waals surface area (Å²) in [6, 6.07) is 10.3. The minimum absolute atomic E-state index is 0.0917. The summed E-state index contributed by atoms with van der Waals surface area (Å²) < 4.78 is 27.5. The van der Waals surface area contributed by atoms with Crippen LogP contribution >= 0.6 is 23.2 Å². The predicted molar refractivity (Wildman–Crippen MR) is 111 cm³/mol. The second kappa shape index (κ2) is 9.98. The number of nitrogens with zero attached hydrogens (tertiary/aromatic N) is 2. The molecule has 0 aliphatic rings. The predicted octanol–water partition coefficient (Wildman–Crippen LogP) is 5.43. The van der Waals surface area contributed by atoms with Crippen molar-refractivity contribution in [1.29, 1.82) is 0 Å². The zero-order valence-corrected chi connectivity index (χ0v) is 17.2. The van der Waals surface area contributed by atoms with E-state index >= 15 is 0 Å². The van der Waals surface area contributed by atoms with Gasteiger partial charge in [-0.25, -0.2) is 8.78 Å². The molecule has 0 radical (unpaired) electrons. The van der Waals surface area contributed by atoms with E-state index in [4.69, 9.17) is 23.2 Å². The maximum Gasteiger partial charge on any atom is 0.254 e. The van der Waals surface area contributed by atoms with Gasteiger partial charge in [-0.1, -0.05) is 35.3 Å². The number of rotatable bonds is 7. The molecule has 3 aromatic rings. The first kappa shape index (κ1) is 22.2. The molecule has 0 saturated heterocycles. The number of hydrogen-bond acceptors (Lipinski definition) is 3. The molecular weight excluding hydrogens is 433 g/mol. The van der Waals surface area contributed by atoms with Crippen LogP contribution < -0.4 is 0 Å². The van der Waals surface area contributed by atoms with Gasteiger partial charge in [0, 0.05) is 47.2 Å². The Hall–Kier alpha value is -2.54. The van der Waals surface area contributed by atoms with Gasteiger partial charge in [0.2, 0.25) is 0 Å². The summed E-state index contributed by atoms with van der Waals surface area (Å²) in [7, 11) is 0. The zero-order valence-electron chi connectivity index (χ0n) is 15.7. The topological polar surface area (TPSA) is 53.4 Å². The summed E-state index contributed by atoms with van der Waals surface area (Å²) in [5.41, 5.74) is 1.12. The number of amides is 1. The van der Waals surface area contributed by atoms with E-state index in [-0.39, 0.29) is 25.1 Å². The van der Waals surface area contributed by atoms with Crippen molar-refractivity contribution in [2.24, 2.45) is 0 Å². The van der Waals surface area contributed by atoms with Gasteiger partial charge in [-0.2, -0.15) is 0 Å². The maximum absolute atomic E-state index is 13.8. The lowest BCUT2D eigenvalue weighted by atomic mass is 10.00. The van der Waals surface area contributed by atoms with E-state index < -0.39 is 23.6 Å². The normalized spacial score (nSPS) is 11.9. The largest absolute Gasteiger partial charge is 0.396 e. The van der Waals surface area contributed by atoms with Crippen LogP contribution in [-0.4, -0.2) is 27.5 Å². The van der Waals surface area contributed by atoms with Crippen LogP contribution in [0.5, 0.6) is 0 Å². The van der Waals surface area contributed by atoms with Crippen LogP contribution in [0.4, 0.5) is 8.78 Å². The SMILES string of the molecule is O=C(c1cc(F)cc(F)c1)N(Cc1cccnc1)[C@@H](CCO)c1ccc(Cl)cc1Cl. The number of aliphatic hydroxyl groups is 1. The fourth-order valence-corrected chi connectivity index (χ4v) is 3.76. The number of benzene rings is 2. The van der Waals surface area contributed by atoms with Crippen LogP contribution in [0.25, 0.3) is 0 Å². The van der Waals surface area contributed by atoms with E-state index in [9.17, 15) is 18.7 Å². The summed E-state index contributed by atoms with van der Waals surface area (Å²) >= 11 is 12.4. The second-order valence-electron chi connectivity index (χ2n) is 6.65. The lowest BCUT2D eigenvalue weighted by Crippen LogP contribution is -2.35. The number of aromatic nitrogens is 1. The Labute approximate surface area is 182 Å². The Morgan fingerprint density at radius 2 is 1.83 bits per heavy atom. The minimum Gasteiger partial charge on any atom is -0.396 e. The van der Waals surface area contributed by atoms with Crippen molar-refractivity contribution in [2.45, 2.75) is 19.0 Å². The van der Waals surface area contributed by atoms with Gasteiger partial charge in [0.05, 0.1) is 6.04 Å². The first-order valence-electron chi connectivity index (χ1n) is 9.11. The van der Waals surface area contributed by atoms with Crippen LogP contribution in [0.3, 0.4) is 0 Å².